The van der Waals surface area contributed by atoms with E-state index in [4.69, 9.17) is 29.9 Å². The van der Waals surface area contributed by atoms with E-state index in [9.17, 15) is 0 Å². The molecule has 2 aliphatic rings. The molecule has 2 aliphatic carbocycles. The maximum Gasteiger partial charge on any atom is 0.164 e. The van der Waals surface area contributed by atoms with Crippen molar-refractivity contribution in [2.24, 2.45) is 0 Å². The van der Waals surface area contributed by atoms with Gasteiger partial charge in [0.05, 0.1) is 0 Å². The van der Waals surface area contributed by atoms with Crippen molar-refractivity contribution >= 4 is 0 Å². The van der Waals surface area contributed by atoms with Gasteiger partial charge in [-0.15, -0.1) is 0 Å². The molecule has 0 saturated heterocycles. The quantitative estimate of drug-likeness (QED) is 0.157. The Morgan fingerprint density at radius 2 is 0.574 bits per heavy atom. The fraction of sp³-hybridized carbons (Fsp3) is 0.250. The minimum Gasteiger partial charge on any atom is -0.208 e. The highest BCUT2D eigenvalue weighted by atomic mass is 15.0. The van der Waals surface area contributed by atoms with Crippen molar-refractivity contribution in [3.63, 3.8) is 0 Å². The number of aromatic nitrogens is 6. The molecular weight excluding hydrogens is 661 g/mol. The molecular formula is C48H44N6. The Morgan fingerprint density at radius 1 is 0.278 bits per heavy atom. The van der Waals surface area contributed by atoms with Crippen molar-refractivity contribution in [3.8, 4) is 68.3 Å². The first kappa shape index (κ1) is 33.9. The van der Waals surface area contributed by atoms with Crippen LogP contribution in [0.15, 0.2) is 133 Å². The summed E-state index contributed by atoms with van der Waals surface area (Å²) in [6.45, 7) is 0. The number of nitrogens with zero attached hydrogens (tertiary/aromatic N) is 6. The Kier molecular flexibility index (Phi) is 9.81. The third-order valence-electron chi connectivity index (χ3n) is 11.2. The van der Waals surface area contributed by atoms with Crippen LogP contribution < -0.4 is 0 Å². The second-order valence-electron chi connectivity index (χ2n) is 14.8. The summed E-state index contributed by atoms with van der Waals surface area (Å²) in [4.78, 5) is 30.2. The van der Waals surface area contributed by atoms with E-state index in [-0.39, 0.29) is 0 Å². The second kappa shape index (κ2) is 15.6. The van der Waals surface area contributed by atoms with Crippen molar-refractivity contribution < 1.29 is 0 Å². The lowest BCUT2D eigenvalue weighted by molar-refractivity contribution is 0.443. The van der Waals surface area contributed by atoms with Gasteiger partial charge in [0.1, 0.15) is 0 Å². The predicted molar refractivity (Wildman–Crippen MR) is 217 cm³/mol. The van der Waals surface area contributed by atoms with Crippen LogP contribution in [0.25, 0.3) is 68.3 Å². The highest BCUT2D eigenvalue weighted by Crippen LogP contribution is 2.36. The van der Waals surface area contributed by atoms with E-state index in [0.717, 1.165) is 33.4 Å². The maximum absolute atomic E-state index is 5.08. The largest absolute Gasteiger partial charge is 0.208 e. The van der Waals surface area contributed by atoms with E-state index in [2.05, 4.69) is 54.6 Å². The van der Waals surface area contributed by atoms with E-state index in [1.807, 2.05) is 78.9 Å². The normalized spacial score (nSPS) is 15.3. The minimum absolute atomic E-state index is 0.605. The molecule has 2 heterocycles. The van der Waals surface area contributed by atoms with Gasteiger partial charge in [0.2, 0.25) is 0 Å². The van der Waals surface area contributed by atoms with E-state index in [1.54, 1.807) is 0 Å². The Labute approximate surface area is 317 Å². The van der Waals surface area contributed by atoms with Gasteiger partial charge in [-0.1, -0.05) is 166 Å². The summed E-state index contributed by atoms with van der Waals surface area (Å²) < 4.78 is 0. The maximum atomic E-state index is 5.08. The molecule has 6 nitrogen and oxygen atoms in total. The molecule has 2 aromatic heterocycles. The van der Waals surface area contributed by atoms with Gasteiger partial charge in [-0.05, 0) is 54.7 Å². The van der Waals surface area contributed by atoms with Crippen molar-refractivity contribution in [2.45, 2.75) is 76.0 Å². The summed E-state index contributed by atoms with van der Waals surface area (Å²) in [5, 5.41) is 0. The lowest BCUT2D eigenvalue weighted by atomic mass is 9.84. The van der Waals surface area contributed by atoms with Crippen LogP contribution in [0, 0.1) is 0 Å². The van der Waals surface area contributed by atoms with Gasteiger partial charge in [-0.2, -0.15) is 0 Å². The average molecular weight is 705 g/mol. The topological polar surface area (TPSA) is 77.3 Å². The first-order valence-electron chi connectivity index (χ1n) is 19.7. The third kappa shape index (κ3) is 7.47. The van der Waals surface area contributed by atoms with Crippen LogP contribution in [0.1, 0.15) is 87.2 Å². The minimum atomic E-state index is 0.605. The van der Waals surface area contributed by atoms with E-state index >= 15 is 0 Å². The molecule has 0 amide bonds. The van der Waals surface area contributed by atoms with Crippen LogP contribution in [0.3, 0.4) is 0 Å². The molecule has 0 bridgehead atoms. The van der Waals surface area contributed by atoms with Gasteiger partial charge >= 0.3 is 0 Å². The smallest absolute Gasteiger partial charge is 0.164 e. The van der Waals surface area contributed by atoms with Crippen LogP contribution in [0.5, 0.6) is 0 Å². The predicted octanol–water partition coefficient (Wildman–Crippen LogP) is 12.2. The molecule has 266 valence electrons. The fourth-order valence-electron chi connectivity index (χ4n) is 8.18. The molecule has 6 heteroatoms. The molecule has 7 aromatic rings. The Hall–Kier alpha value is -5.88. The van der Waals surface area contributed by atoms with Crippen LogP contribution >= 0.6 is 0 Å². The Balaban J connectivity index is 1.10. The molecule has 0 N–H and O–H groups in total. The molecule has 0 radical (unpaired) electrons. The SMILES string of the molecule is c1ccc(-c2nc(-c3ccc(C4CCCCC4)cc3)nc(-c3cccc(-c4nc(-c5ccccc5)nc(-c5ccc(C6CCCCC6)cc5)n4)c3)n2)cc1. The lowest BCUT2D eigenvalue weighted by Gasteiger charge is -2.22. The standard InChI is InChI=1S/C48H44N6/c1-5-14-33(15-6-1)35-24-28-39(29-25-35)45-49-43(37-18-9-3-10-19-37)51-47(53-45)41-22-13-23-42(32-41)48-52-44(38-20-11-4-12-21-38)50-46(54-48)40-30-26-36(27-31-40)34-16-7-2-8-17-34/h3-4,9-13,18-34H,1-2,5-8,14-17H2. The van der Waals surface area contributed by atoms with Gasteiger partial charge in [-0.3, -0.25) is 0 Å². The van der Waals surface area contributed by atoms with Gasteiger partial charge < -0.3 is 0 Å². The molecule has 0 spiro atoms. The molecule has 0 unspecified atom stereocenters. The number of rotatable bonds is 8. The first-order valence-corrected chi connectivity index (χ1v) is 19.7. The summed E-state index contributed by atoms with van der Waals surface area (Å²) in [7, 11) is 0. The second-order valence-corrected chi connectivity index (χ2v) is 14.8. The zero-order chi connectivity index (χ0) is 36.1. The van der Waals surface area contributed by atoms with E-state index < -0.39 is 0 Å². The summed E-state index contributed by atoms with van der Waals surface area (Å²) >= 11 is 0. The first-order chi connectivity index (χ1) is 26.7. The highest BCUT2D eigenvalue weighted by molar-refractivity contribution is 5.72. The molecule has 5 aromatic carbocycles. The van der Waals surface area contributed by atoms with Crippen molar-refractivity contribution in [3.05, 3.63) is 145 Å². The van der Waals surface area contributed by atoms with Gasteiger partial charge in [0.25, 0.3) is 0 Å². The fourth-order valence-corrected chi connectivity index (χ4v) is 8.18. The summed E-state index contributed by atoms with van der Waals surface area (Å²) in [5.74, 6) is 5.09. The van der Waals surface area contributed by atoms with Crippen LogP contribution in [-0.4, -0.2) is 29.9 Å². The van der Waals surface area contributed by atoms with Crippen molar-refractivity contribution in [2.75, 3.05) is 0 Å². The third-order valence-corrected chi connectivity index (χ3v) is 11.2. The summed E-state index contributed by atoms with van der Waals surface area (Å²) in [5.41, 5.74) is 8.42. The molecule has 2 fully saturated rings. The molecule has 9 rings (SSSR count). The van der Waals surface area contributed by atoms with Gasteiger partial charge in [0, 0.05) is 33.4 Å². The van der Waals surface area contributed by atoms with E-state index in [0.29, 0.717) is 46.8 Å². The molecule has 2 saturated carbocycles. The van der Waals surface area contributed by atoms with Gasteiger partial charge in [0.15, 0.2) is 34.9 Å². The Bertz CT molecular complexity index is 2160. The summed E-state index contributed by atoms with van der Waals surface area (Å²) in [6, 6.07) is 46.3. The average Bonchev–Trinajstić information content (AvgIpc) is 3.27. The van der Waals surface area contributed by atoms with Crippen molar-refractivity contribution in [1.82, 2.24) is 29.9 Å². The zero-order valence-electron chi connectivity index (χ0n) is 30.6. The Morgan fingerprint density at radius 3 is 0.926 bits per heavy atom. The molecule has 0 atom stereocenters. The zero-order valence-corrected chi connectivity index (χ0v) is 30.6. The van der Waals surface area contributed by atoms with Gasteiger partial charge in [-0.25, -0.2) is 29.9 Å². The number of benzene rings is 5. The monoisotopic (exact) mass is 704 g/mol. The number of hydrogen-bond donors (Lipinski definition) is 0. The molecule has 54 heavy (non-hydrogen) atoms. The lowest BCUT2D eigenvalue weighted by Crippen LogP contribution is -2.05. The van der Waals surface area contributed by atoms with Crippen LogP contribution in [0.4, 0.5) is 0 Å². The van der Waals surface area contributed by atoms with E-state index in [1.165, 1.54) is 75.3 Å². The molecule has 0 aliphatic heterocycles. The highest BCUT2D eigenvalue weighted by Gasteiger charge is 2.19. The van der Waals surface area contributed by atoms with Crippen LogP contribution in [0.2, 0.25) is 0 Å². The van der Waals surface area contributed by atoms with Crippen LogP contribution in [-0.2, 0) is 0 Å². The van der Waals surface area contributed by atoms with Crippen molar-refractivity contribution in [1.29, 1.82) is 0 Å². The summed E-state index contributed by atoms with van der Waals surface area (Å²) in [6.07, 6.45) is 13.0. The number of hydrogen-bond acceptors (Lipinski definition) is 6.